The molecule has 0 aliphatic rings. The highest BCUT2D eigenvalue weighted by atomic mass is 19.3. The van der Waals surface area contributed by atoms with Crippen molar-refractivity contribution in [2.24, 2.45) is 0 Å². The van der Waals surface area contributed by atoms with Gasteiger partial charge in [-0.25, -0.2) is 9.59 Å². The number of carboxylic acid groups (broad SMARTS) is 1. The van der Waals surface area contributed by atoms with Crippen molar-refractivity contribution < 1.29 is 33.3 Å². The number of aliphatic carboxylic acids is 1. The van der Waals surface area contributed by atoms with E-state index in [-0.39, 0.29) is 11.3 Å². The van der Waals surface area contributed by atoms with E-state index in [1.807, 2.05) is 0 Å². The minimum atomic E-state index is -4.03. The number of amides is 1. The second-order valence-electron chi connectivity index (χ2n) is 5.66. The first-order valence-electron chi connectivity index (χ1n) is 6.34. The lowest BCUT2D eigenvalue weighted by atomic mass is 10.1. The molecule has 0 saturated carbocycles. The molecule has 0 aliphatic carbocycles. The van der Waals surface area contributed by atoms with Crippen LogP contribution in [-0.2, 0) is 16.0 Å². The summed E-state index contributed by atoms with van der Waals surface area (Å²) in [5.41, 5.74) is -0.940. The molecule has 1 amide bonds. The van der Waals surface area contributed by atoms with Crippen LogP contribution in [0.2, 0.25) is 0 Å². The Morgan fingerprint density at radius 1 is 1.27 bits per heavy atom. The molecule has 1 rings (SSSR count). The van der Waals surface area contributed by atoms with Crippen molar-refractivity contribution in [1.82, 2.24) is 0 Å². The molecule has 0 spiro atoms. The standard InChI is InChI=1S/C14H17F2NO5/c1-13(2,3)22-12(21)17-9-4-5-10(18)8(6-9)7-14(15,16)11(19)20/h4-6,18H,7H2,1-3H3,(H,17,21)(H,19,20). The van der Waals surface area contributed by atoms with E-state index >= 15 is 0 Å². The van der Waals surface area contributed by atoms with Crippen molar-refractivity contribution in [2.45, 2.75) is 38.7 Å². The first kappa shape index (κ1) is 17.7. The van der Waals surface area contributed by atoms with Crippen LogP contribution in [0.25, 0.3) is 0 Å². The summed E-state index contributed by atoms with van der Waals surface area (Å²) in [6.45, 7) is 4.97. The molecular weight excluding hydrogens is 300 g/mol. The molecule has 22 heavy (non-hydrogen) atoms. The molecule has 0 aliphatic heterocycles. The van der Waals surface area contributed by atoms with Crippen LogP contribution >= 0.6 is 0 Å². The van der Waals surface area contributed by atoms with Crippen molar-refractivity contribution in [2.75, 3.05) is 5.32 Å². The quantitative estimate of drug-likeness (QED) is 0.742. The van der Waals surface area contributed by atoms with Crippen molar-refractivity contribution in [1.29, 1.82) is 0 Å². The van der Waals surface area contributed by atoms with Crippen molar-refractivity contribution in [3.05, 3.63) is 23.8 Å². The van der Waals surface area contributed by atoms with Crippen LogP contribution in [0.4, 0.5) is 19.3 Å². The summed E-state index contributed by atoms with van der Waals surface area (Å²) in [5.74, 6) is -6.81. The predicted octanol–water partition coefficient (Wildman–Crippen LogP) is 3.00. The second kappa shape index (κ2) is 6.17. The SMILES string of the molecule is CC(C)(C)OC(=O)Nc1ccc(O)c(CC(F)(F)C(=O)O)c1. The van der Waals surface area contributed by atoms with E-state index in [1.54, 1.807) is 20.8 Å². The number of anilines is 1. The lowest BCUT2D eigenvalue weighted by Gasteiger charge is -2.20. The number of ether oxygens (including phenoxy) is 1. The molecule has 0 saturated heterocycles. The lowest BCUT2D eigenvalue weighted by molar-refractivity contribution is -0.164. The Balaban J connectivity index is 2.91. The lowest BCUT2D eigenvalue weighted by Crippen LogP contribution is -2.30. The molecule has 0 bridgehead atoms. The Labute approximate surface area is 125 Å². The van der Waals surface area contributed by atoms with Crippen molar-refractivity contribution in [3.63, 3.8) is 0 Å². The molecule has 1 aromatic rings. The van der Waals surface area contributed by atoms with E-state index < -0.39 is 35.8 Å². The molecular formula is C14H17F2NO5. The van der Waals surface area contributed by atoms with Gasteiger partial charge in [-0.3, -0.25) is 5.32 Å². The first-order valence-corrected chi connectivity index (χ1v) is 6.34. The fraction of sp³-hybridized carbons (Fsp3) is 0.429. The molecule has 122 valence electrons. The van der Waals surface area contributed by atoms with E-state index in [4.69, 9.17) is 9.84 Å². The number of carbonyl (C=O) groups excluding carboxylic acids is 1. The summed E-state index contributed by atoms with van der Waals surface area (Å²) >= 11 is 0. The van der Waals surface area contributed by atoms with Crippen LogP contribution < -0.4 is 5.32 Å². The van der Waals surface area contributed by atoms with Gasteiger partial charge in [0.2, 0.25) is 0 Å². The highest BCUT2D eigenvalue weighted by Crippen LogP contribution is 2.28. The second-order valence-corrected chi connectivity index (χ2v) is 5.66. The van der Waals surface area contributed by atoms with Gasteiger partial charge in [-0.05, 0) is 39.0 Å². The number of carboxylic acids is 1. The van der Waals surface area contributed by atoms with E-state index in [1.165, 1.54) is 6.07 Å². The van der Waals surface area contributed by atoms with Gasteiger partial charge >= 0.3 is 18.0 Å². The van der Waals surface area contributed by atoms with Gasteiger partial charge in [0, 0.05) is 11.3 Å². The maximum atomic E-state index is 13.2. The topological polar surface area (TPSA) is 95.9 Å². The number of carbonyl (C=O) groups is 2. The van der Waals surface area contributed by atoms with Crippen LogP contribution in [0.1, 0.15) is 26.3 Å². The number of alkyl halides is 2. The summed E-state index contributed by atoms with van der Waals surface area (Å²) in [5, 5.41) is 20.3. The molecule has 0 fully saturated rings. The predicted molar refractivity (Wildman–Crippen MR) is 74.3 cm³/mol. The highest BCUT2D eigenvalue weighted by molar-refractivity contribution is 5.85. The molecule has 6 nitrogen and oxygen atoms in total. The van der Waals surface area contributed by atoms with Crippen LogP contribution in [0.5, 0.6) is 5.75 Å². The van der Waals surface area contributed by atoms with E-state index in [0.29, 0.717) is 0 Å². The zero-order chi connectivity index (χ0) is 17.1. The fourth-order valence-corrected chi connectivity index (χ4v) is 1.54. The van der Waals surface area contributed by atoms with Gasteiger partial charge in [0.1, 0.15) is 11.4 Å². The number of hydrogen-bond donors (Lipinski definition) is 3. The largest absolute Gasteiger partial charge is 0.508 e. The monoisotopic (exact) mass is 317 g/mol. The fourth-order valence-electron chi connectivity index (χ4n) is 1.54. The molecule has 8 heteroatoms. The highest BCUT2D eigenvalue weighted by Gasteiger charge is 2.39. The average molecular weight is 317 g/mol. The maximum Gasteiger partial charge on any atom is 0.412 e. The number of phenols is 1. The zero-order valence-electron chi connectivity index (χ0n) is 12.3. The molecule has 0 radical (unpaired) electrons. The molecule has 0 atom stereocenters. The molecule has 1 aromatic carbocycles. The number of hydrogen-bond acceptors (Lipinski definition) is 4. The van der Waals surface area contributed by atoms with E-state index in [0.717, 1.165) is 12.1 Å². The summed E-state index contributed by atoms with van der Waals surface area (Å²) in [6.07, 6.45) is -1.99. The third kappa shape index (κ3) is 5.19. The Bertz CT molecular complexity index is 581. The molecule has 0 unspecified atom stereocenters. The molecule has 0 aromatic heterocycles. The van der Waals surface area contributed by atoms with Gasteiger partial charge in [-0.1, -0.05) is 0 Å². The Kier molecular flexibility index (Phi) is 4.95. The number of benzene rings is 1. The van der Waals surface area contributed by atoms with E-state index in [9.17, 15) is 23.5 Å². The smallest absolute Gasteiger partial charge is 0.412 e. The van der Waals surface area contributed by atoms with Gasteiger partial charge in [0.15, 0.2) is 0 Å². The minimum Gasteiger partial charge on any atom is -0.508 e. The van der Waals surface area contributed by atoms with E-state index in [2.05, 4.69) is 5.32 Å². The van der Waals surface area contributed by atoms with Crippen molar-refractivity contribution >= 4 is 17.7 Å². The van der Waals surface area contributed by atoms with Gasteiger partial charge in [-0.2, -0.15) is 8.78 Å². The Hall–Kier alpha value is -2.38. The summed E-state index contributed by atoms with van der Waals surface area (Å²) in [7, 11) is 0. The van der Waals surface area contributed by atoms with Gasteiger partial charge in [0.25, 0.3) is 0 Å². The first-order chi connectivity index (χ1) is 9.90. The normalized spacial score (nSPS) is 11.9. The van der Waals surface area contributed by atoms with Crippen LogP contribution in [-0.4, -0.2) is 33.8 Å². The van der Waals surface area contributed by atoms with Gasteiger partial charge in [-0.15, -0.1) is 0 Å². The number of nitrogens with one attached hydrogen (secondary N) is 1. The number of phenolic OH excluding ortho intramolecular Hbond substituents is 1. The summed E-state index contributed by atoms with van der Waals surface area (Å²) < 4.78 is 31.4. The van der Waals surface area contributed by atoms with Crippen LogP contribution in [0, 0.1) is 0 Å². The number of rotatable bonds is 4. The number of aromatic hydroxyl groups is 1. The molecule has 3 N–H and O–H groups in total. The zero-order valence-corrected chi connectivity index (χ0v) is 12.3. The summed E-state index contributed by atoms with van der Waals surface area (Å²) in [6, 6.07) is 3.43. The number of halogens is 2. The molecule has 0 heterocycles. The van der Waals surface area contributed by atoms with Crippen LogP contribution in [0.3, 0.4) is 0 Å². The Morgan fingerprint density at radius 2 is 1.86 bits per heavy atom. The third-order valence-electron chi connectivity index (χ3n) is 2.45. The van der Waals surface area contributed by atoms with Gasteiger partial charge < -0.3 is 14.9 Å². The average Bonchev–Trinajstić information content (AvgIpc) is 2.30. The van der Waals surface area contributed by atoms with Crippen molar-refractivity contribution in [3.8, 4) is 5.75 Å². The van der Waals surface area contributed by atoms with Gasteiger partial charge in [0.05, 0.1) is 6.42 Å². The Morgan fingerprint density at radius 3 is 2.36 bits per heavy atom. The third-order valence-corrected chi connectivity index (χ3v) is 2.45. The summed E-state index contributed by atoms with van der Waals surface area (Å²) in [4.78, 5) is 22.0. The van der Waals surface area contributed by atoms with Crippen LogP contribution in [0.15, 0.2) is 18.2 Å². The maximum absolute atomic E-state index is 13.2. The minimum absolute atomic E-state index is 0.100.